The zero-order valence-electron chi connectivity index (χ0n) is 10.0. The topological polar surface area (TPSA) is 0 Å². The molecule has 2 aliphatic rings. The molecule has 5 atom stereocenters. The van der Waals surface area contributed by atoms with Gasteiger partial charge in [-0.3, -0.25) is 0 Å². The Labute approximate surface area is 88.8 Å². The first-order chi connectivity index (χ1) is 6.63. The Morgan fingerprint density at radius 3 is 2.07 bits per heavy atom. The third-order valence-corrected chi connectivity index (χ3v) is 4.91. The minimum atomic E-state index is 0.869. The summed E-state index contributed by atoms with van der Waals surface area (Å²) in [6.45, 7) is 9.78. The van der Waals surface area contributed by atoms with E-state index in [1.807, 2.05) is 0 Å². The molecular formula is C14H24. The van der Waals surface area contributed by atoms with Gasteiger partial charge in [0.1, 0.15) is 0 Å². The van der Waals surface area contributed by atoms with E-state index < -0.39 is 0 Å². The van der Waals surface area contributed by atoms with Crippen molar-refractivity contribution < 1.29 is 0 Å². The quantitative estimate of drug-likeness (QED) is 0.548. The van der Waals surface area contributed by atoms with Gasteiger partial charge in [-0.15, -0.1) is 0 Å². The Morgan fingerprint density at radius 1 is 0.929 bits per heavy atom. The summed E-state index contributed by atoms with van der Waals surface area (Å²) in [5.74, 6) is 5.70. The summed E-state index contributed by atoms with van der Waals surface area (Å²) in [5.41, 5.74) is 0. The van der Waals surface area contributed by atoms with E-state index in [0.29, 0.717) is 0 Å². The standard InChI is InChI=1S/C14H24/c1-9(2)14-11(4)10(3)12-7-5-6-8-13(12)14/h5-6,9-14H,7-8H2,1-4H3. The minimum absolute atomic E-state index is 0.869. The van der Waals surface area contributed by atoms with E-state index in [2.05, 4.69) is 39.8 Å². The first-order valence-corrected chi connectivity index (χ1v) is 6.28. The van der Waals surface area contributed by atoms with Crippen LogP contribution in [0.15, 0.2) is 12.2 Å². The molecule has 0 radical (unpaired) electrons. The van der Waals surface area contributed by atoms with Crippen molar-refractivity contribution in [1.29, 1.82) is 0 Å². The molecule has 0 aromatic heterocycles. The second-order valence-corrected chi connectivity index (χ2v) is 5.81. The molecule has 0 saturated heterocycles. The van der Waals surface area contributed by atoms with Gasteiger partial charge < -0.3 is 0 Å². The Morgan fingerprint density at radius 2 is 1.50 bits per heavy atom. The van der Waals surface area contributed by atoms with Gasteiger partial charge in [0.15, 0.2) is 0 Å². The molecule has 2 rings (SSSR count). The summed E-state index contributed by atoms with van der Waals surface area (Å²) < 4.78 is 0. The van der Waals surface area contributed by atoms with Crippen LogP contribution in [0, 0.1) is 35.5 Å². The number of allylic oxidation sites excluding steroid dienone is 2. The first-order valence-electron chi connectivity index (χ1n) is 6.28. The molecule has 0 nitrogen and oxygen atoms in total. The molecule has 2 aliphatic carbocycles. The van der Waals surface area contributed by atoms with Crippen molar-refractivity contribution >= 4 is 0 Å². The molecule has 0 bridgehead atoms. The molecule has 14 heavy (non-hydrogen) atoms. The third kappa shape index (κ3) is 1.43. The average molecular weight is 192 g/mol. The molecule has 0 amide bonds. The van der Waals surface area contributed by atoms with E-state index in [1.54, 1.807) is 0 Å². The third-order valence-electron chi connectivity index (χ3n) is 4.91. The summed E-state index contributed by atoms with van der Waals surface area (Å²) in [6.07, 6.45) is 7.52. The molecule has 80 valence electrons. The fourth-order valence-corrected chi connectivity index (χ4v) is 4.14. The molecule has 5 unspecified atom stereocenters. The predicted molar refractivity (Wildman–Crippen MR) is 62.0 cm³/mol. The van der Waals surface area contributed by atoms with Crippen molar-refractivity contribution in [2.75, 3.05) is 0 Å². The highest BCUT2D eigenvalue weighted by Gasteiger charge is 2.46. The zero-order chi connectivity index (χ0) is 10.3. The summed E-state index contributed by atoms with van der Waals surface area (Å²) in [7, 11) is 0. The Bertz CT molecular complexity index is 226. The molecule has 0 heterocycles. The molecule has 0 aromatic rings. The normalized spacial score (nSPS) is 47.1. The summed E-state index contributed by atoms with van der Waals surface area (Å²) >= 11 is 0. The smallest absolute Gasteiger partial charge is 0.0312 e. The highest BCUT2D eigenvalue weighted by Crippen LogP contribution is 2.53. The average Bonchev–Trinajstić information content (AvgIpc) is 2.41. The van der Waals surface area contributed by atoms with E-state index in [1.165, 1.54) is 12.8 Å². The first kappa shape index (κ1) is 10.3. The fraction of sp³-hybridized carbons (Fsp3) is 0.857. The molecule has 0 aliphatic heterocycles. The van der Waals surface area contributed by atoms with E-state index in [4.69, 9.17) is 0 Å². The van der Waals surface area contributed by atoms with Crippen LogP contribution in [0.4, 0.5) is 0 Å². The lowest BCUT2D eigenvalue weighted by Gasteiger charge is -2.29. The van der Waals surface area contributed by atoms with Gasteiger partial charge in [0.05, 0.1) is 0 Å². The van der Waals surface area contributed by atoms with Crippen LogP contribution in [-0.2, 0) is 0 Å². The highest BCUT2D eigenvalue weighted by atomic mass is 14.5. The lowest BCUT2D eigenvalue weighted by Crippen LogP contribution is -2.22. The van der Waals surface area contributed by atoms with Crippen molar-refractivity contribution in [1.82, 2.24) is 0 Å². The maximum absolute atomic E-state index is 2.48. The van der Waals surface area contributed by atoms with Crippen molar-refractivity contribution in [2.45, 2.75) is 40.5 Å². The van der Waals surface area contributed by atoms with Crippen LogP contribution in [0.25, 0.3) is 0 Å². The zero-order valence-corrected chi connectivity index (χ0v) is 10.0. The van der Waals surface area contributed by atoms with Gasteiger partial charge in [0, 0.05) is 0 Å². The molecular weight excluding hydrogens is 168 g/mol. The van der Waals surface area contributed by atoms with Gasteiger partial charge in [-0.1, -0.05) is 39.8 Å². The monoisotopic (exact) mass is 192 g/mol. The molecule has 0 aromatic carbocycles. The van der Waals surface area contributed by atoms with Gasteiger partial charge >= 0.3 is 0 Å². The largest absolute Gasteiger partial charge is 0.0882 e. The van der Waals surface area contributed by atoms with Crippen molar-refractivity contribution in [3.63, 3.8) is 0 Å². The Hall–Kier alpha value is -0.260. The molecule has 0 spiro atoms. The van der Waals surface area contributed by atoms with Crippen LogP contribution in [-0.4, -0.2) is 0 Å². The van der Waals surface area contributed by atoms with Crippen LogP contribution in [0.1, 0.15) is 40.5 Å². The number of hydrogen-bond acceptors (Lipinski definition) is 0. The van der Waals surface area contributed by atoms with Crippen molar-refractivity contribution in [2.24, 2.45) is 35.5 Å². The molecule has 0 heteroatoms. The van der Waals surface area contributed by atoms with E-state index >= 15 is 0 Å². The minimum Gasteiger partial charge on any atom is -0.0882 e. The van der Waals surface area contributed by atoms with Crippen LogP contribution in [0.2, 0.25) is 0 Å². The number of hydrogen-bond donors (Lipinski definition) is 0. The van der Waals surface area contributed by atoms with Gasteiger partial charge in [0.25, 0.3) is 0 Å². The van der Waals surface area contributed by atoms with Crippen molar-refractivity contribution in [3.8, 4) is 0 Å². The Kier molecular flexibility index (Phi) is 2.72. The van der Waals surface area contributed by atoms with Crippen molar-refractivity contribution in [3.05, 3.63) is 12.2 Å². The molecule has 0 N–H and O–H groups in total. The van der Waals surface area contributed by atoms with Crippen LogP contribution in [0.3, 0.4) is 0 Å². The summed E-state index contributed by atoms with van der Waals surface area (Å²) in [6, 6.07) is 0. The molecule has 1 saturated carbocycles. The number of fused-ring (bicyclic) bond motifs is 1. The lowest BCUT2D eigenvalue weighted by atomic mass is 9.76. The van der Waals surface area contributed by atoms with Gasteiger partial charge in [-0.25, -0.2) is 0 Å². The second-order valence-electron chi connectivity index (χ2n) is 5.81. The summed E-state index contributed by atoms with van der Waals surface area (Å²) in [5, 5.41) is 0. The van der Waals surface area contributed by atoms with E-state index in [0.717, 1.165) is 35.5 Å². The second kappa shape index (κ2) is 3.72. The van der Waals surface area contributed by atoms with E-state index in [9.17, 15) is 0 Å². The fourth-order valence-electron chi connectivity index (χ4n) is 4.14. The van der Waals surface area contributed by atoms with Crippen LogP contribution >= 0.6 is 0 Å². The van der Waals surface area contributed by atoms with Gasteiger partial charge in [0.2, 0.25) is 0 Å². The maximum atomic E-state index is 2.48. The Balaban J connectivity index is 2.22. The SMILES string of the molecule is CC(C)C1C(C)C(C)C2CC=CCC21. The highest BCUT2D eigenvalue weighted by molar-refractivity contribution is 5.04. The van der Waals surface area contributed by atoms with Gasteiger partial charge in [-0.05, 0) is 48.3 Å². The van der Waals surface area contributed by atoms with Gasteiger partial charge in [-0.2, -0.15) is 0 Å². The lowest BCUT2D eigenvalue weighted by molar-refractivity contribution is 0.218. The maximum Gasteiger partial charge on any atom is -0.0312 e. The number of rotatable bonds is 1. The predicted octanol–water partition coefficient (Wildman–Crippen LogP) is 4.13. The molecule has 1 fully saturated rings. The van der Waals surface area contributed by atoms with Crippen LogP contribution < -0.4 is 0 Å². The summed E-state index contributed by atoms with van der Waals surface area (Å²) in [4.78, 5) is 0. The van der Waals surface area contributed by atoms with E-state index in [-0.39, 0.29) is 0 Å². The van der Waals surface area contributed by atoms with Crippen LogP contribution in [0.5, 0.6) is 0 Å².